The van der Waals surface area contributed by atoms with Crippen molar-refractivity contribution in [1.29, 1.82) is 0 Å². The minimum absolute atomic E-state index is 0.0162. The largest absolute Gasteiger partial charge is 0.369 e. The van der Waals surface area contributed by atoms with E-state index in [1.165, 1.54) is 0 Å². The quantitative estimate of drug-likeness (QED) is 0.761. The molecule has 0 bridgehead atoms. The summed E-state index contributed by atoms with van der Waals surface area (Å²) in [7, 11) is 0. The molecule has 0 fully saturated rings. The molecule has 0 spiro atoms. The first-order valence-electron chi connectivity index (χ1n) is 6.53. The van der Waals surface area contributed by atoms with Gasteiger partial charge in [0.2, 0.25) is 5.91 Å². The fourth-order valence-electron chi connectivity index (χ4n) is 2.04. The molecule has 1 atom stereocenters. The van der Waals surface area contributed by atoms with Crippen LogP contribution in [0.3, 0.4) is 0 Å². The Kier molecular flexibility index (Phi) is 5.70. The molecule has 0 aliphatic carbocycles. The molecule has 1 aromatic carbocycles. The molecule has 4 heteroatoms. The number of primary amides is 1. The van der Waals surface area contributed by atoms with Gasteiger partial charge in [-0.25, -0.2) is 0 Å². The number of nitrogens with zero attached hydrogens (tertiary/aromatic N) is 1. The number of rotatable bonds is 7. The summed E-state index contributed by atoms with van der Waals surface area (Å²) in [5, 5.41) is 0. The van der Waals surface area contributed by atoms with Gasteiger partial charge in [-0.3, -0.25) is 14.5 Å². The van der Waals surface area contributed by atoms with Gasteiger partial charge in [-0.1, -0.05) is 44.2 Å². The van der Waals surface area contributed by atoms with E-state index >= 15 is 0 Å². The molecule has 0 aromatic heterocycles. The molecular formula is C15H22N2O2. The summed E-state index contributed by atoms with van der Waals surface area (Å²) in [5.41, 5.74) is 5.91. The lowest BCUT2D eigenvalue weighted by atomic mass is 10.0. The zero-order chi connectivity index (χ0) is 14.4. The Bertz CT molecular complexity index is 429. The van der Waals surface area contributed by atoms with E-state index in [9.17, 15) is 9.59 Å². The lowest BCUT2D eigenvalue weighted by Crippen LogP contribution is -2.45. The van der Waals surface area contributed by atoms with E-state index in [1.54, 1.807) is 12.1 Å². The Hall–Kier alpha value is -1.68. The predicted octanol–water partition coefficient (Wildman–Crippen LogP) is 1.70. The first-order chi connectivity index (χ1) is 8.91. The molecule has 19 heavy (non-hydrogen) atoms. The van der Waals surface area contributed by atoms with Crippen molar-refractivity contribution in [3.05, 3.63) is 35.9 Å². The Morgan fingerprint density at radius 1 is 1.16 bits per heavy atom. The summed E-state index contributed by atoms with van der Waals surface area (Å²) in [6.07, 6.45) is 0. The maximum Gasteiger partial charge on any atom is 0.231 e. The van der Waals surface area contributed by atoms with Crippen LogP contribution < -0.4 is 5.73 Å². The zero-order valence-corrected chi connectivity index (χ0v) is 11.8. The van der Waals surface area contributed by atoms with Crippen LogP contribution in [0, 0.1) is 5.92 Å². The fourth-order valence-corrected chi connectivity index (χ4v) is 2.04. The van der Waals surface area contributed by atoms with Gasteiger partial charge in [-0.2, -0.15) is 0 Å². The van der Waals surface area contributed by atoms with Gasteiger partial charge >= 0.3 is 0 Å². The predicted molar refractivity (Wildman–Crippen MR) is 75.8 cm³/mol. The first kappa shape index (κ1) is 15.4. The fraction of sp³-hybridized carbons (Fsp3) is 0.467. The van der Waals surface area contributed by atoms with E-state index in [1.807, 2.05) is 43.9 Å². The smallest absolute Gasteiger partial charge is 0.231 e. The van der Waals surface area contributed by atoms with Crippen LogP contribution >= 0.6 is 0 Å². The summed E-state index contributed by atoms with van der Waals surface area (Å²) in [4.78, 5) is 25.3. The molecule has 0 radical (unpaired) electrons. The molecule has 1 unspecified atom stereocenters. The lowest BCUT2D eigenvalue weighted by molar-refractivity contribution is -0.119. The number of Topliss-reactive ketones (excluding diaryl/α,β-unsaturated/α-hetero) is 1. The summed E-state index contributed by atoms with van der Waals surface area (Å²) in [5.74, 6) is -0.0266. The van der Waals surface area contributed by atoms with Gasteiger partial charge in [-0.05, 0) is 12.8 Å². The Labute approximate surface area is 114 Å². The number of ketones is 1. The molecule has 0 saturated carbocycles. The molecule has 4 nitrogen and oxygen atoms in total. The number of amides is 1. The van der Waals surface area contributed by atoms with E-state index < -0.39 is 5.91 Å². The second kappa shape index (κ2) is 7.04. The van der Waals surface area contributed by atoms with Crippen molar-refractivity contribution in [2.45, 2.75) is 26.8 Å². The number of nitrogens with two attached hydrogens (primary N) is 1. The van der Waals surface area contributed by atoms with Gasteiger partial charge in [0.1, 0.15) is 0 Å². The molecule has 0 aliphatic heterocycles. The van der Waals surface area contributed by atoms with E-state index in [4.69, 9.17) is 5.73 Å². The normalized spacial score (nSPS) is 12.7. The summed E-state index contributed by atoms with van der Waals surface area (Å²) in [6, 6.07) is 8.77. The molecular weight excluding hydrogens is 240 g/mol. The van der Waals surface area contributed by atoms with Crippen molar-refractivity contribution >= 4 is 11.7 Å². The van der Waals surface area contributed by atoms with Gasteiger partial charge in [-0.15, -0.1) is 0 Å². The van der Waals surface area contributed by atoms with Crippen molar-refractivity contribution in [3.8, 4) is 0 Å². The summed E-state index contributed by atoms with van der Waals surface area (Å²) >= 11 is 0. The van der Waals surface area contributed by atoms with Gasteiger partial charge < -0.3 is 5.73 Å². The van der Waals surface area contributed by atoms with Crippen LogP contribution in [-0.2, 0) is 4.79 Å². The van der Waals surface area contributed by atoms with Crippen LogP contribution in [0.5, 0.6) is 0 Å². The monoisotopic (exact) mass is 262 g/mol. The standard InChI is InChI=1S/C15H22N2O2/c1-11(2)9-17(10-14(16)18)12(3)15(19)13-7-5-4-6-8-13/h4-8,11-12H,9-10H2,1-3H3,(H2,16,18). The highest BCUT2D eigenvalue weighted by atomic mass is 16.1. The maximum absolute atomic E-state index is 12.4. The molecule has 0 aliphatic rings. The third-order valence-electron chi connectivity index (χ3n) is 2.94. The highest BCUT2D eigenvalue weighted by Crippen LogP contribution is 2.11. The summed E-state index contributed by atoms with van der Waals surface area (Å²) in [6.45, 7) is 6.70. The third kappa shape index (κ3) is 4.83. The van der Waals surface area contributed by atoms with Gasteiger partial charge in [0.15, 0.2) is 5.78 Å². The second-order valence-corrected chi connectivity index (χ2v) is 5.20. The van der Waals surface area contributed by atoms with Crippen molar-refractivity contribution in [2.75, 3.05) is 13.1 Å². The van der Waals surface area contributed by atoms with Crippen LogP contribution in [0.25, 0.3) is 0 Å². The van der Waals surface area contributed by atoms with E-state index in [2.05, 4.69) is 0 Å². The molecule has 104 valence electrons. The van der Waals surface area contributed by atoms with E-state index in [-0.39, 0.29) is 18.4 Å². The van der Waals surface area contributed by atoms with Crippen molar-refractivity contribution in [3.63, 3.8) is 0 Å². The number of benzene rings is 1. The lowest BCUT2D eigenvalue weighted by Gasteiger charge is -2.28. The van der Waals surface area contributed by atoms with Crippen molar-refractivity contribution in [2.24, 2.45) is 11.7 Å². The number of carbonyl (C=O) groups excluding carboxylic acids is 2. The first-order valence-corrected chi connectivity index (χ1v) is 6.53. The van der Waals surface area contributed by atoms with Gasteiger partial charge in [0, 0.05) is 12.1 Å². The number of carbonyl (C=O) groups is 2. The SMILES string of the molecule is CC(C)CN(CC(N)=O)C(C)C(=O)c1ccccc1. The Morgan fingerprint density at radius 2 is 1.74 bits per heavy atom. The van der Waals surface area contributed by atoms with Crippen molar-refractivity contribution in [1.82, 2.24) is 4.90 Å². The number of hydrogen-bond donors (Lipinski definition) is 1. The molecule has 1 aromatic rings. The van der Waals surface area contributed by atoms with E-state index in [0.29, 0.717) is 18.0 Å². The Morgan fingerprint density at radius 3 is 2.21 bits per heavy atom. The molecule has 1 amide bonds. The van der Waals surface area contributed by atoms with Gasteiger partial charge in [0.25, 0.3) is 0 Å². The van der Waals surface area contributed by atoms with Crippen LogP contribution in [-0.4, -0.2) is 35.7 Å². The topological polar surface area (TPSA) is 63.4 Å². The second-order valence-electron chi connectivity index (χ2n) is 5.20. The number of hydrogen-bond acceptors (Lipinski definition) is 3. The van der Waals surface area contributed by atoms with Crippen LogP contribution in [0.4, 0.5) is 0 Å². The van der Waals surface area contributed by atoms with Crippen LogP contribution in [0.2, 0.25) is 0 Å². The highest BCUT2D eigenvalue weighted by molar-refractivity contribution is 6.00. The van der Waals surface area contributed by atoms with Crippen LogP contribution in [0.15, 0.2) is 30.3 Å². The molecule has 2 N–H and O–H groups in total. The zero-order valence-electron chi connectivity index (χ0n) is 11.8. The van der Waals surface area contributed by atoms with Crippen molar-refractivity contribution < 1.29 is 9.59 Å². The maximum atomic E-state index is 12.4. The summed E-state index contributed by atoms with van der Waals surface area (Å²) < 4.78 is 0. The molecule has 0 saturated heterocycles. The van der Waals surface area contributed by atoms with Crippen LogP contribution in [0.1, 0.15) is 31.1 Å². The Balaban J connectivity index is 2.83. The minimum Gasteiger partial charge on any atom is -0.369 e. The third-order valence-corrected chi connectivity index (χ3v) is 2.94. The van der Waals surface area contributed by atoms with Gasteiger partial charge in [0.05, 0.1) is 12.6 Å². The average Bonchev–Trinajstić information content (AvgIpc) is 2.36. The highest BCUT2D eigenvalue weighted by Gasteiger charge is 2.24. The van der Waals surface area contributed by atoms with E-state index in [0.717, 1.165) is 0 Å². The molecule has 0 heterocycles. The average molecular weight is 262 g/mol. The minimum atomic E-state index is -0.409. The molecule has 1 rings (SSSR count).